The van der Waals surface area contributed by atoms with Gasteiger partial charge >= 0.3 is 0 Å². The van der Waals surface area contributed by atoms with Gasteiger partial charge in [-0.25, -0.2) is 0 Å². The molecular formula is C13H23NO. The first-order chi connectivity index (χ1) is 6.93. The number of amides is 1. The van der Waals surface area contributed by atoms with E-state index in [4.69, 9.17) is 0 Å². The number of hydrogen-bond donors (Lipinski definition) is 0. The van der Waals surface area contributed by atoms with E-state index < -0.39 is 0 Å². The largest absolute Gasteiger partial charge is 0.341 e. The summed E-state index contributed by atoms with van der Waals surface area (Å²) in [6.07, 6.45) is 6.84. The zero-order chi connectivity index (χ0) is 11.1. The highest BCUT2D eigenvalue weighted by molar-refractivity contribution is 5.82. The van der Waals surface area contributed by atoms with E-state index in [1.54, 1.807) is 0 Å². The van der Waals surface area contributed by atoms with Gasteiger partial charge in [-0.15, -0.1) is 0 Å². The molecule has 1 spiro atoms. The minimum atomic E-state index is -0.198. The molecular weight excluding hydrogens is 186 g/mol. The number of nitrogens with zero attached hydrogens (tertiary/aromatic N) is 1. The molecule has 0 radical (unpaired) electrons. The monoisotopic (exact) mass is 209 g/mol. The number of rotatable bonds is 0. The van der Waals surface area contributed by atoms with Crippen molar-refractivity contribution in [2.45, 2.75) is 52.9 Å². The van der Waals surface area contributed by atoms with Crippen LogP contribution < -0.4 is 0 Å². The second-order valence-corrected chi connectivity index (χ2v) is 6.47. The number of carbonyl (C=O) groups excluding carboxylic acids is 1. The van der Waals surface area contributed by atoms with Crippen molar-refractivity contribution in [3.8, 4) is 0 Å². The second kappa shape index (κ2) is 3.50. The van der Waals surface area contributed by atoms with Crippen molar-refractivity contribution in [3.05, 3.63) is 0 Å². The SMILES string of the molecule is CC(C)(C)C(=O)N1CC2(CCCCC2)C1. The third-order valence-corrected chi connectivity index (χ3v) is 3.90. The summed E-state index contributed by atoms with van der Waals surface area (Å²) in [5.41, 5.74) is 0.329. The predicted octanol–water partition coefficient (Wildman–Crippen LogP) is 2.83. The molecule has 1 heterocycles. The lowest BCUT2D eigenvalue weighted by Gasteiger charge is -2.53. The summed E-state index contributed by atoms with van der Waals surface area (Å²) >= 11 is 0. The Bertz CT molecular complexity index is 250. The summed E-state index contributed by atoms with van der Waals surface area (Å²) in [5, 5.41) is 0. The Morgan fingerprint density at radius 1 is 1.07 bits per heavy atom. The van der Waals surface area contributed by atoms with Gasteiger partial charge in [0.25, 0.3) is 0 Å². The standard InChI is InChI=1S/C13H23NO/c1-12(2,3)11(15)14-9-13(10-14)7-5-4-6-8-13/h4-10H2,1-3H3. The molecule has 0 aromatic heterocycles. The molecule has 15 heavy (non-hydrogen) atoms. The van der Waals surface area contributed by atoms with Gasteiger partial charge in [-0.1, -0.05) is 40.0 Å². The van der Waals surface area contributed by atoms with Crippen LogP contribution >= 0.6 is 0 Å². The molecule has 1 aliphatic heterocycles. The molecule has 1 amide bonds. The molecule has 1 aliphatic carbocycles. The molecule has 2 nitrogen and oxygen atoms in total. The van der Waals surface area contributed by atoms with Gasteiger partial charge in [-0.05, 0) is 12.8 Å². The summed E-state index contributed by atoms with van der Waals surface area (Å²) in [6.45, 7) is 8.11. The molecule has 2 aliphatic rings. The van der Waals surface area contributed by atoms with Gasteiger partial charge in [0.1, 0.15) is 0 Å². The first-order valence-electron chi connectivity index (χ1n) is 6.22. The third-order valence-electron chi connectivity index (χ3n) is 3.90. The van der Waals surface area contributed by atoms with Gasteiger partial charge < -0.3 is 4.90 Å². The van der Waals surface area contributed by atoms with E-state index in [1.165, 1.54) is 32.1 Å². The normalized spacial score (nSPS) is 25.1. The molecule has 0 aromatic carbocycles. The topological polar surface area (TPSA) is 20.3 Å². The first kappa shape index (κ1) is 11.0. The van der Waals surface area contributed by atoms with Gasteiger partial charge in [0.05, 0.1) is 0 Å². The highest BCUT2D eigenvalue weighted by Gasteiger charge is 2.47. The summed E-state index contributed by atoms with van der Waals surface area (Å²) in [6, 6.07) is 0. The van der Waals surface area contributed by atoms with Crippen LogP contribution in [0.25, 0.3) is 0 Å². The maximum atomic E-state index is 12.0. The first-order valence-corrected chi connectivity index (χ1v) is 6.22. The Balaban J connectivity index is 1.89. The summed E-state index contributed by atoms with van der Waals surface area (Å²) in [4.78, 5) is 14.1. The Morgan fingerprint density at radius 2 is 1.60 bits per heavy atom. The van der Waals surface area contributed by atoms with Crippen molar-refractivity contribution in [1.82, 2.24) is 4.90 Å². The van der Waals surface area contributed by atoms with Crippen LogP contribution in [0.3, 0.4) is 0 Å². The van der Waals surface area contributed by atoms with Crippen LogP contribution in [0, 0.1) is 10.8 Å². The molecule has 0 N–H and O–H groups in total. The average molecular weight is 209 g/mol. The molecule has 0 unspecified atom stereocenters. The lowest BCUT2D eigenvalue weighted by Crippen LogP contribution is -2.61. The van der Waals surface area contributed by atoms with Crippen molar-refractivity contribution in [1.29, 1.82) is 0 Å². The zero-order valence-electron chi connectivity index (χ0n) is 10.3. The Hall–Kier alpha value is -0.530. The van der Waals surface area contributed by atoms with E-state index in [-0.39, 0.29) is 5.41 Å². The lowest BCUT2D eigenvalue weighted by molar-refractivity contribution is -0.154. The summed E-state index contributed by atoms with van der Waals surface area (Å²) < 4.78 is 0. The smallest absolute Gasteiger partial charge is 0.227 e. The molecule has 0 aromatic rings. The fourth-order valence-corrected chi connectivity index (χ4v) is 3.00. The highest BCUT2D eigenvalue weighted by Crippen LogP contribution is 2.44. The minimum Gasteiger partial charge on any atom is -0.341 e. The van der Waals surface area contributed by atoms with E-state index in [0.717, 1.165) is 13.1 Å². The minimum absolute atomic E-state index is 0.198. The predicted molar refractivity (Wildman–Crippen MR) is 61.6 cm³/mol. The van der Waals surface area contributed by atoms with Crippen LogP contribution in [0.2, 0.25) is 0 Å². The van der Waals surface area contributed by atoms with Crippen molar-refractivity contribution in [2.24, 2.45) is 10.8 Å². The molecule has 2 rings (SSSR count). The van der Waals surface area contributed by atoms with E-state index in [1.807, 2.05) is 20.8 Å². The van der Waals surface area contributed by atoms with Crippen molar-refractivity contribution in [3.63, 3.8) is 0 Å². The van der Waals surface area contributed by atoms with Crippen molar-refractivity contribution >= 4 is 5.91 Å². The van der Waals surface area contributed by atoms with Crippen LogP contribution in [-0.4, -0.2) is 23.9 Å². The van der Waals surface area contributed by atoms with Gasteiger partial charge in [0.15, 0.2) is 0 Å². The summed E-state index contributed by atoms with van der Waals surface area (Å²) in [7, 11) is 0. The summed E-state index contributed by atoms with van der Waals surface area (Å²) in [5.74, 6) is 0.332. The van der Waals surface area contributed by atoms with Crippen LogP contribution in [0.1, 0.15) is 52.9 Å². The molecule has 1 saturated heterocycles. The number of carbonyl (C=O) groups is 1. The van der Waals surface area contributed by atoms with Crippen molar-refractivity contribution < 1.29 is 4.79 Å². The van der Waals surface area contributed by atoms with Gasteiger partial charge in [0.2, 0.25) is 5.91 Å². The average Bonchev–Trinajstić information content (AvgIpc) is 2.13. The molecule has 0 bridgehead atoms. The fraction of sp³-hybridized carbons (Fsp3) is 0.923. The Morgan fingerprint density at radius 3 is 2.07 bits per heavy atom. The Labute approximate surface area is 93.0 Å². The lowest BCUT2D eigenvalue weighted by atomic mass is 9.68. The zero-order valence-corrected chi connectivity index (χ0v) is 10.3. The van der Waals surface area contributed by atoms with Gasteiger partial charge in [0, 0.05) is 23.9 Å². The van der Waals surface area contributed by atoms with E-state index >= 15 is 0 Å². The number of likely N-dealkylation sites (tertiary alicyclic amines) is 1. The second-order valence-electron chi connectivity index (χ2n) is 6.47. The molecule has 2 heteroatoms. The molecule has 1 saturated carbocycles. The van der Waals surface area contributed by atoms with E-state index in [0.29, 0.717) is 11.3 Å². The highest BCUT2D eigenvalue weighted by atomic mass is 16.2. The fourth-order valence-electron chi connectivity index (χ4n) is 3.00. The van der Waals surface area contributed by atoms with Crippen molar-refractivity contribution in [2.75, 3.05) is 13.1 Å². The molecule has 2 fully saturated rings. The molecule has 0 atom stereocenters. The van der Waals surface area contributed by atoms with Gasteiger partial charge in [-0.3, -0.25) is 4.79 Å². The van der Waals surface area contributed by atoms with Crippen LogP contribution in [0.4, 0.5) is 0 Å². The van der Waals surface area contributed by atoms with Crippen LogP contribution in [0.15, 0.2) is 0 Å². The quantitative estimate of drug-likeness (QED) is 0.601. The van der Waals surface area contributed by atoms with E-state index in [9.17, 15) is 4.79 Å². The van der Waals surface area contributed by atoms with E-state index in [2.05, 4.69) is 4.90 Å². The molecule has 86 valence electrons. The maximum absolute atomic E-state index is 12.0. The maximum Gasteiger partial charge on any atom is 0.227 e. The van der Waals surface area contributed by atoms with Crippen LogP contribution in [0.5, 0.6) is 0 Å². The van der Waals surface area contributed by atoms with Crippen LogP contribution in [-0.2, 0) is 4.79 Å². The van der Waals surface area contributed by atoms with Gasteiger partial charge in [-0.2, -0.15) is 0 Å². The number of hydrogen-bond acceptors (Lipinski definition) is 1. The third kappa shape index (κ3) is 2.04. The Kier molecular flexibility index (Phi) is 2.56.